The molecular formula is C26H27F3N4O2. The number of nitrogens with one attached hydrogen (secondary N) is 1. The van der Waals surface area contributed by atoms with Gasteiger partial charge in [-0.15, -0.1) is 0 Å². The lowest BCUT2D eigenvalue weighted by Crippen LogP contribution is -2.40. The highest BCUT2D eigenvalue weighted by molar-refractivity contribution is 6.09. The van der Waals surface area contributed by atoms with Crippen molar-refractivity contribution in [1.29, 1.82) is 0 Å². The summed E-state index contributed by atoms with van der Waals surface area (Å²) in [5, 5.41) is 8.41. The molecule has 1 N–H and O–H groups in total. The van der Waals surface area contributed by atoms with Crippen molar-refractivity contribution < 1.29 is 22.8 Å². The van der Waals surface area contributed by atoms with Gasteiger partial charge in [-0.2, -0.15) is 18.3 Å². The zero-order chi connectivity index (χ0) is 25.5. The molecule has 1 saturated heterocycles. The van der Waals surface area contributed by atoms with Crippen molar-refractivity contribution in [3.63, 3.8) is 0 Å². The number of rotatable bonds is 4. The lowest BCUT2D eigenvalue weighted by atomic mass is 10.0. The number of carbonyl (C=O) groups excluding carboxylic acids is 2. The quantitative estimate of drug-likeness (QED) is 0.517. The first-order chi connectivity index (χ1) is 16.4. The molecule has 3 aromatic rings. The molecule has 0 saturated carbocycles. The molecular weight excluding hydrogens is 457 g/mol. The molecule has 9 heteroatoms. The van der Waals surface area contributed by atoms with Crippen LogP contribution in [0.1, 0.15) is 49.2 Å². The molecule has 1 aliphatic rings. The second kappa shape index (κ2) is 8.87. The molecule has 1 unspecified atom stereocenters. The summed E-state index contributed by atoms with van der Waals surface area (Å²) in [7, 11) is 0. The van der Waals surface area contributed by atoms with Gasteiger partial charge in [0, 0.05) is 29.6 Å². The van der Waals surface area contributed by atoms with E-state index in [-0.39, 0.29) is 17.9 Å². The van der Waals surface area contributed by atoms with Crippen LogP contribution >= 0.6 is 0 Å². The Balaban J connectivity index is 1.86. The van der Waals surface area contributed by atoms with E-state index in [1.54, 1.807) is 27.8 Å². The number of nitrogens with zero attached hydrogens (tertiary/aromatic N) is 3. The number of amides is 2. The Morgan fingerprint density at radius 1 is 1.11 bits per heavy atom. The van der Waals surface area contributed by atoms with Gasteiger partial charge in [0.15, 0.2) is 0 Å². The third-order valence-corrected chi connectivity index (χ3v) is 5.94. The van der Waals surface area contributed by atoms with E-state index in [1.807, 2.05) is 20.8 Å². The summed E-state index contributed by atoms with van der Waals surface area (Å²) in [5.41, 5.74) is 0.768. The Morgan fingerprint density at radius 3 is 2.40 bits per heavy atom. The van der Waals surface area contributed by atoms with Crippen LogP contribution in [-0.4, -0.2) is 45.1 Å². The van der Waals surface area contributed by atoms with Gasteiger partial charge in [-0.25, -0.2) is 0 Å². The second-order valence-electron chi connectivity index (χ2n) is 9.71. The third kappa shape index (κ3) is 4.94. The number of hydrogen-bond acceptors (Lipinski definition) is 3. The largest absolute Gasteiger partial charge is 0.416 e. The van der Waals surface area contributed by atoms with E-state index in [0.717, 1.165) is 12.1 Å². The summed E-state index contributed by atoms with van der Waals surface area (Å²) in [4.78, 5) is 27.0. The van der Waals surface area contributed by atoms with Gasteiger partial charge in [0.2, 0.25) is 5.91 Å². The summed E-state index contributed by atoms with van der Waals surface area (Å²) in [5.74, 6) is -0.460. The minimum absolute atomic E-state index is 0.183. The van der Waals surface area contributed by atoms with Gasteiger partial charge in [0.1, 0.15) is 5.69 Å². The lowest BCUT2D eigenvalue weighted by Gasteiger charge is -2.21. The van der Waals surface area contributed by atoms with Crippen molar-refractivity contribution in [3.05, 3.63) is 66.2 Å². The van der Waals surface area contributed by atoms with Gasteiger partial charge in [0.05, 0.1) is 22.7 Å². The fourth-order valence-corrected chi connectivity index (χ4v) is 4.35. The first-order valence-electron chi connectivity index (χ1n) is 11.3. The van der Waals surface area contributed by atoms with Crippen LogP contribution in [0.25, 0.3) is 22.2 Å². The zero-order valence-corrected chi connectivity index (χ0v) is 19.8. The molecule has 1 aromatic heterocycles. The SMILES string of the molecule is C=CC(=O)N1CCC(n2nc(-c3ccc(C(F)(F)F)cc3)c3cccc(C(=O)NC(C)(C)C)c32)C1. The molecule has 35 heavy (non-hydrogen) atoms. The smallest absolute Gasteiger partial charge is 0.347 e. The fourth-order valence-electron chi connectivity index (χ4n) is 4.35. The van der Waals surface area contributed by atoms with Gasteiger partial charge in [-0.1, -0.05) is 30.8 Å². The summed E-state index contributed by atoms with van der Waals surface area (Å²) >= 11 is 0. The molecule has 1 atom stereocenters. The minimum atomic E-state index is -4.44. The number of halogens is 3. The van der Waals surface area contributed by atoms with Gasteiger partial charge in [-0.05, 0) is 51.5 Å². The van der Waals surface area contributed by atoms with E-state index in [0.29, 0.717) is 47.2 Å². The maximum absolute atomic E-state index is 13.2. The number of carbonyl (C=O) groups is 2. The molecule has 4 rings (SSSR count). The van der Waals surface area contributed by atoms with Crippen molar-refractivity contribution in [2.24, 2.45) is 0 Å². The first kappa shape index (κ1) is 24.5. The number of benzene rings is 2. The number of para-hydroxylation sites is 1. The van der Waals surface area contributed by atoms with E-state index >= 15 is 0 Å². The molecule has 0 bridgehead atoms. The first-order valence-corrected chi connectivity index (χ1v) is 11.3. The number of likely N-dealkylation sites (tertiary alicyclic amines) is 1. The van der Waals surface area contributed by atoms with Crippen molar-refractivity contribution >= 4 is 22.7 Å². The molecule has 2 amide bonds. The number of hydrogen-bond donors (Lipinski definition) is 1. The van der Waals surface area contributed by atoms with Crippen molar-refractivity contribution in [3.8, 4) is 11.3 Å². The van der Waals surface area contributed by atoms with Crippen LogP contribution in [0.4, 0.5) is 13.2 Å². The van der Waals surface area contributed by atoms with Crippen LogP contribution in [0.15, 0.2) is 55.1 Å². The maximum Gasteiger partial charge on any atom is 0.416 e. The normalized spacial score (nSPS) is 16.5. The Labute approximate surface area is 201 Å². The Morgan fingerprint density at radius 2 is 1.80 bits per heavy atom. The van der Waals surface area contributed by atoms with E-state index < -0.39 is 17.3 Å². The Kier molecular flexibility index (Phi) is 6.21. The van der Waals surface area contributed by atoms with Crippen molar-refractivity contribution in [2.75, 3.05) is 13.1 Å². The predicted octanol–water partition coefficient (Wildman–Crippen LogP) is 5.21. The standard InChI is InChI=1S/C26H27F3N4O2/c1-5-21(34)32-14-13-18(15-32)33-23-19(7-6-8-20(23)24(35)30-25(2,3)4)22(31-33)16-9-11-17(12-10-16)26(27,28)29/h5-12,18H,1,13-15H2,2-4H3,(H,30,35). The van der Waals surface area contributed by atoms with Crippen LogP contribution in [0.2, 0.25) is 0 Å². The predicted molar refractivity (Wildman–Crippen MR) is 128 cm³/mol. The van der Waals surface area contributed by atoms with Gasteiger partial charge < -0.3 is 10.2 Å². The highest BCUT2D eigenvalue weighted by atomic mass is 19.4. The number of aromatic nitrogens is 2. The molecule has 6 nitrogen and oxygen atoms in total. The number of fused-ring (bicyclic) bond motifs is 1. The molecule has 0 radical (unpaired) electrons. The molecule has 184 valence electrons. The van der Waals surface area contributed by atoms with Crippen molar-refractivity contribution in [2.45, 2.75) is 44.9 Å². The maximum atomic E-state index is 13.2. The third-order valence-electron chi connectivity index (χ3n) is 5.94. The van der Waals surface area contributed by atoms with Crippen LogP contribution in [-0.2, 0) is 11.0 Å². The van der Waals surface area contributed by atoms with Gasteiger partial charge in [0.25, 0.3) is 5.91 Å². The highest BCUT2D eigenvalue weighted by Gasteiger charge is 2.32. The minimum Gasteiger partial charge on any atom is -0.347 e. The van der Waals surface area contributed by atoms with Gasteiger partial charge >= 0.3 is 6.18 Å². The van der Waals surface area contributed by atoms with Crippen LogP contribution in [0.3, 0.4) is 0 Å². The van der Waals surface area contributed by atoms with Crippen LogP contribution in [0, 0.1) is 0 Å². The van der Waals surface area contributed by atoms with Crippen LogP contribution in [0.5, 0.6) is 0 Å². The molecule has 2 aromatic carbocycles. The molecule has 1 fully saturated rings. The van der Waals surface area contributed by atoms with E-state index in [2.05, 4.69) is 11.9 Å². The lowest BCUT2D eigenvalue weighted by molar-refractivity contribution is -0.137. The summed E-state index contributed by atoms with van der Waals surface area (Å²) < 4.78 is 41.0. The molecule has 0 spiro atoms. The van der Waals surface area contributed by atoms with E-state index in [1.165, 1.54) is 18.2 Å². The monoisotopic (exact) mass is 484 g/mol. The zero-order valence-electron chi connectivity index (χ0n) is 19.8. The average Bonchev–Trinajstić information content (AvgIpc) is 3.42. The van der Waals surface area contributed by atoms with Crippen LogP contribution < -0.4 is 5.32 Å². The summed E-state index contributed by atoms with van der Waals surface area (Å²) in [6, 6.07) is 9.88. The van der Waals surface area contributed by atoms with E-state index in [4.69, 9.17) is 5.10 Å². The Bertz CT molecular complexity index is 1290. The second-order valence-corrected chi connectivity index (χ2v) is 9.71. The molecule has 0 aliphatic carbocycles. The summed E-state index contributed by atoms with van der Waals surface area (Å²) in [6.07, 6.45) is -2.55. The Hall–Kier alpha value is -3.62. The fraction of sp³-hybridized carbons (Fsp3) is 0.346. The topological polar surface area (TPSA) is 67.2 Å². The average molecular weight is 485 g/mol. The molecule has 2 heterocycles. The van der Waals surface area contributed by atoms with E-state index in [9.17, 15) is 22.8 Å². The summed E-state index contributed by atoms with van der Waals surface area (Å²) in [6.45, 7) is 10.1. The number of alkyl halides is 3. The highest BCUT2D eigenvalue weighted by Crippen LogP contribution is 2.36. The van der Waals surface area contributed by atoms with Gasteiger partial charge in [-0.3, -0.25) is 14.3 Å². The van der Waals surface area contributed by atoms with Crippen molar-refractivity contribution in [1.82, 2.24) is 20.0 Å². The molecule has 1 aliphatic heterocycles.